The van der Waals surface area contributed by atoms with Gasteiger partial charge in [0.15, 0.2) is 0 Å². The van der Waals surface area contributed by atoms with Gasteiger partial charge in [0.1, 0.15) is 0 Å². The lowest BCUT2D eigenvalue weighted by Crippen LogP contribution is -2.40. The van der Waals surface area contributed by atoms with Crippen molar-refractivity contribution in [2.45, 2.75) is 45.2 Å². The molecular formula is C16H25BrN2. The van der Waals surface area contributed by atoms with Crippen molar-refractivity contribution in [3.05, 3.63) is 34.3 Å². The monoisotopic (exact) mass is 324 g/mol. The molecule has 1 aromatic carbocycles. The minimum absolute atomic E-state index is 0.554. The van der Waals surface area contributed by atoms with Gasteiger partial charge in [0.25, 0.3) is 0 Å². The summed E-state index contributed by atoms with van der Waals surface area (Å²) in [4.78, 5) is 2.71. The molecule has 1 fully saturated rings. The predicted octanol–water partition coefficient (Wildman–Crippen LogP) is 3.97. The lowest BCUT2D eigenvalue weighted by molar-refractivity contribution is 0.138. The van der Waals surface area contributed by atoms with Crippen LogP contribution in [0.1, 0.15) is 44.7 Å². The highest BCUT2D eigenvalue weighted by Gasteiger charge is 2.27. The Morgan fingerprint density at radius 2 is 2.05 bits per heavy atom. The second-order valence-corrected chi connectivity index (χ2v) is 6.28. The second-order valence-electron chi connectivity index (χ2n) is 5.36. The molecule has 1 aliphatic heterocycles. The number of rotatable bonds is 6. The normalized spacial score (nSPS) is 20.9. The molecule has 19 heavy (non-hydrogen) atoms. The van der Waals surface area contributed by atoms with Crippen molar-refractivity contribution >= 4 is 15.9 Å². The quantitative estimate of drug-likeness (QED) is 0.851. The average Bonchev–Trinajstić information content (AvgIpc) is 2.94. The van der Waals surface area contributed by atoms with Crippen molar-refractivity contribution < 1.29 is 0 Å². The van der Waals surface area contributed by atoms with Crippen LogP contribution in [0.25, 0.3) is 0 Å². The number of benzene rings is 1. The van der Waals surface area contributed by atoms with Crippen LogP contribution < -0.4 is 5.32 Å². The van der Waals surface area contributed by atoms with Crippen LogP contribution in [0.3, 0.4) is 0 Å². The summed E-state index contributed by atoms with van der Waals surface area (Å²) in [6, 6.07) is 10.1. The summed E-state index contributed by atoms with van der Waals surface area (Å²) < 4.78 is 1.16. The molecule has 0 amide bonds. The fourth-order valence-corrected chi connectivity index (χ4v) is 3.38. The smallest absolute Gasteiger partial charge is 0.0348 e. The summed E-state index contributed by atoms with van der Waals surface area (Å²) >= 11 is 3.53. The molecule has 2 nitrogen and oxygen atoms in total. The van der Waals surface area contributed by atoms with Crippen LogP contribution in [0.15, 0.2) is 28.7 Å². The lowest BCUT2D eigenvalue weighted by Gasteiger charge is -2.36. The Bertz CT molecular complexity index is 371. The Labute approximate surface area is 125 Å². The molecule has 0 saturated carbocycles. The first-order valence-electron chi connectivity index (χ1n) is 7.48. The molecule has 106 valence electrons. The highest BCUT2D eigenvalue weighted by molar-refractivity contribution is 9.10. The van der Waals surface area contributed by atoms with E-state index >= 15 is 0 Å². The minimum Gasteiger partial charge on any atom is -0.315 e. The Morgan fingerprint density at radius 1 is 1.32 bits per heavy atom. The molecule has 0 aromatic heterocycles. The highest BCUT2D eigenvalue weighted by atomic mass is 79.9. The zero-order valence-electron chi connectivity index (χ0n) is 12.0. The van der Waals surface area contributed by atoms with Crippen molar-refractivity contribution in [1.29, 1.82) is 0 Å². The van der Waals surface area contributed by atoms with Gasteiger partial charge in [0, 0.05) is 23.1 Å². The van der Waals surface area contributed by atoms with Crippen molar-refractivity contribution in [1.82, 2.24) is 10.2 Å². The maximum atomic E-state index is 3.53. The molecular weight excluding hydrogens is 300 g/mol. The van der Waals surface area contributed by atoms with Crippen molar-refractivity contribution in [2.24, 2.45) is 0 Å². The number of hydrogen-bond donors (Lipinski definition) is 1. The summed E-state index contributed by atoms with van der Waals surface area (Å²) in [6.45, 7) is 8.09. The zero-order chi connectivity index (χ0) is 13.7. The largest absolute Gasteiger partial charge is 0.315 e. The number of nitrogens with one attached hydrogen (secondary N) is 1. The average molecular weight is 325 g/mol. The Hall–Kier alpha value is -0.380. The van der Waals surface area contributed by atoms with Gasteiger partial charge in [-0.15, -0.1) is 0 Å². The first-order chi connectivity index (χ1) is 9.26. The van der Waals surface area contributed by atoms with Gasteiger partial charge in [0.2, 0.25) is 0 Å². The first kappa shape index (κ1) is 15.0. The Morgan fingerprint density at radius 3 is 2.58 bits per heavy atom. The van der Waals surface area contributed by atoms with Gasteiger partial charge in [0.05, 0.1) is 0 Å². The topological polar surface area (TPSA) is 15.3 Å². The second kappa shape index (κ2) is 7.41. The number of hydrogen-bond acceptors (Lipinski definition) is 2. The van der Waals surface area contributed by atoms with Crippen molar-refractivity contribution in [2.75, 3.05) is 19.6 Å². The highest BCUT2D eigenvalue weighted by Crippen LogP contribution is 2.29. The van der Waals surface area contributed by atoms with E-state index in [9.17, 15) is 0 Å². The van der Waals surface area contributed by atoms with Gasteiger partial charge < -0.3 is 5.32 Å². The summed E-state index contributed by atoms with van der Waals surface area (Å²) in [5.74, 6) is 0. The molecule has 0 bridgehead atoms. The number of nitrogens with zero attached hydrogens (tertiary/aromatic N) is 1. The predicted molar refractivity (Wildman–Crippen MR) is 85.4 cm³/mol. The van der Waals surface area contributed by atoms with Crippen LogP contribution in [-0.4, -0.2) is 30.6 Å². The molecule has 0 aliphatic carbocycles. The fourth-order valence-electron chi connectivity index (χ4n) is 3.12. The third-order valence-electron chi connectivity index (χ3n) is 4.03. The summed E-state index contributed by atoms with van der Waals surface area (Å²) in [7, 11) is 0. The van der Waals surface area contributed by atoms with Gasteiger partial charge >= 0.3 is 0 Å². The van der Waals surface area contributed by atoms with Crippen LogP contribution in [0.5, 0.6) is 0 Å². The summed E-state index contributed by atoms with van der Waals surface area (Å²) in [5.41, 5.74) is 1.45. The van der Waals surface area contributed by atoms with Crippen LogP contribution in [0.2, 0.25) is 0 Å². The maximum Gasteiger partial charge on any atom is 0.0348 e. The van der Waals surface area contributed by atoms with E-state index in [0.717, 1.165) is 11.0 Å². The van der Waals surface area contributed by atoms with E-state index in [1.54, 1.807) is 0 Å². The molecule has 2 atom stereocenters. The molecule has 1 heterocycles. The fraction of sp³-hybridized carbons (Fsp3) is 0.625. The molecule has 2 rings (SSSR count). The van der Waals surface area contributed by atoms with E-state index in [0.29, 0.717) is 12.1 Å². The Kier molecular flexibility index (Phi) is 5.86. The van der Waals surface area contributed by atoms with Gasteiger partial charge in [-0.2, -0.15) is 0 Å². The van der Waals surface area contributed by atoms with Crippen molar-refractivity contribution in [3.8, 4) is 0 Å². The number of halogens is 1. The zero-order valence-corrected chi connectivity index (χ0v) is 13.6. The van der Waals surface area contributed by atoms with Gasteiger partial charge in [-0.3, -0.25) is 4.90 Å². The molecule has 0 spiro atoms. The molecule has 3 heteroatoms. The summed E-state index contributed by atoms with van der Waals surface area (Å²) in [6.07, 6.45) is 3.69. The van der Waals surface area contributed by atoms with E-state index in [-0.39, 0.29) is 0 Å². The third-order valence-corrected chi connectivity index (χ3v) is 4.56. The van der Waals surface area contributed by atoms with E-state index in [1.807, 2.05) is 0 Å². The van der Waals surface area contributed by atoms with Gasteiger partial charge in [-0.25, -0.2) is 0 Å². The van der Waals surface area contributed by atoms with Crippen LogP contribution in [0.4, 0.5) is 0 Å². The van der Waals surface area contributed by atoms with Crippen LogP contribution >= 0.6 is 15.9 Å². The van der Waals surface area contributed by atoms with Crippen LogP contribution in [-0.2, 0) is 0 Å². The standard InChI is InChI=1S/C16H25BrN2/c1-3-11-19(15-9-10-18-12-15)16(4-2)13-5-7-14(17)8-6-13/h5-8,15-16,18H,3-4,9-12H2,1-2H3. The van der Waals surface area contributed by atoms with Crippen molar-refractivity contribution in [3.63, 3.8) is 0 Å². The van der Waals surface area contributed by atoms with Gasteiger partial charge in [-0.1, -0.05) is 41.9 Å². The Balaban J connectivity index is 2.18. The lowest BCUT2D eigenvalue weighted by atomic mass is 10.00. The third kappa shape index (κ3) is 3.80. The molecule has 0 radical (unpaired) electrons. The first-order valence-corrected chi connectivity index (χ1v) is 8.27. The van der Waals surface area contributed by atoms with E-state index in [4.69, 9.17) is 0 Å². The van der Waals surface area contributed by atoms with E-state index in [2.05, 4.69) is 64.3 Å². The molecule has 1 aromatic rings. The maximum absolute atomic E-state index is 3.53. The molecule has 1 N–H and O–H groups in total. The van der Waals surface area contributed by atoms with Gasteiger partial charge in [-0.05, 0) is 50.0 Å². The minimum atomic E-state index is 0.554. The van der Waals surface area contributed by atoms with Crippen LogP contribution in [0, 0.1) is 0 Å². The van der Waals surface area contributed by atoms with E-state index < -0.39 is 0 Å². The van der Waals surface area contributed by atoms with E-state index in [1.165, 1.54) is 37.9 Å². The SMILES string of the molecule is CCCN(C1CCNC1)C(CC)c1ccc(Br)cc1. The summed E-state index contributed by atoms with van der Waals surface area (Å²) in [5, 5.41) is 3.50. The molecule has 1 aliphatic rings. The molecule has 1 saturated heterocycles. The molecule has 2 unspecified atom stereocenters.